The lowest BCUT2D eigenvalue weighted by Gasteiger charge is -2.28. The molecule has 0 rings (SSSR count). The fraction of sp³-hybridized carbons (Fsp3) is 0.875. The van der Waals surface area contributed by atoms with Crippen LogP contribution in [0.5, 0.6) is 0 Å². The smallest absolute Gasteiger partial charge is 0.313 e. The lowest BCUT2D eigenvalue weighted by molar-refractivity contribution is 0.228. The predicted molar refractivity (Wildman–Crippen MR) is 47.9 cm³/mol. The molecule has 0 aliphatic heterocycles. The minimum Gasteiger partial charge on any atom is -0.342 e. The second-order valence-corrected chi connectivity index (χ2v) is 4.11. The average molecular weight is 178 g/mol. The van der Waals surface area contributed by atoms with E-state index >= 15 is 0 Å². The zero-order valence-electron chi connectivity index (χ0n) is 7.57. The van der Waals surface area contributed by atoms with Crippen molar-refractivity contribution in [2.75, 3.05) is 6.54 Å². The van der Waals surface area contributed by atoms with Gasteiger partial charge in [0, 0.05) is 6.54 Å². The van der Waals surface area contributed by atoms with Gasteiger partial charge in [-0.05, 0) is 22.9 Å². The molecule has 0 aliphatic carbocycles. The zero-order valence-corrected chi connectivity index (χ0v) is 8.33. The average Bonchev–Trinajstić information content (AvgIpc) is 1.84. The molecule has 11 heavy (non-hydrogen) atoms. The molecule has 2 nitrogen and oxygen atoms in total. The molecule has 0 aromatic heterocycles. The van der Waals surface area contributed by atoms with Crippen molar-refractivity contribution in [3.05, 3.63) is 0 Å². The number of halogens is 1. The molecular weight excluding hydrogens is 162 g/mol. The Morgan fingerprint density at radius 1 is 1.55 bits per heavy atom. The van der Waals surface area contributed by atoms with Crippen LogP contribution in [0.2, 0.25) is 0 Å². The first kappa shape index (κ1) is 10.8. The Kier molecular flexibility index (Phi) is 3.87. The van der Waals surface area contributed by atoms with E-state index in [0.717, 1.165) is 0 Å². The third-order valence-corrected chi connectivity index (χ3v) is 2.38. The van der Waals surface area contributed by atoms with E-state index in [-0.39, 0.29) is 5.41 Å². The summed E-state index contributed by atoms with van der Waals surface area (Å²) in [6.07, 6.45) is 0. The number of carbonyl (C=O) groups is 1. The monoisotopic (exact) mass is 177 g/mol. The maximum Gasteiger partial charge on any atom is 0.313 e. The van der Waals surface area contributed by atoms with Gasteiger partial charge in [-0.25, -0.2) is 0 Å². The van der Waals surface area contributed by atoms with E-state index in [4.69, 9.17) is 11.6 Å². The molecule has 0 aromatic carbocycles. The highest BCUT2D eigenvalue weighted by Gasteiger charge is 2.22. The summed E-state index contributed by atoms with van der Waals surface area (Å²) >= 11 is 5.14. The summed E-state index contributed by atoms with van der Waals surface area (Å²) < 4.78 is 0. The van der Waals surface area contributed by atoms with Gasteiger partial charge >= 0.3 is 5.37 Å². The van der Waals surface area contributed by atoms with Crippen molar-refractivity contribution in [1.82, 2.24) is 5.32 Å². The quantitative estimate of drug-likeness (QED) is 0.521. The molecule has 0 heterocycles. The number of hydrogen-bond acceptors (Lipinski definition) is 1. The number of nitrogens with one attached hydrogen (secondary N) is 1. The summed E-state index contributed by atoms with van der Waals surface area (Å²) in [5, 5.41) is 2.12. The Morgan fingerprint density at radius 2 is 2.00 bits per heavy atom. The summed E-state index contributed by atoms with van der Waals surface area (Å²) in [5.41, 5.74) is 0.116. The number of amides is 1. The van der Waals surface area contributed by atoms with E-state index in [1.54, 1.807) is 0 Å². The van der Waals surface area contributed by atoms with Gasteiger partial charge in [0.2, 0.25) is 0 Å². The predicted octanol–water partition coefficient (Wildman–Crippen LogP) is 2.62. The molecule has 0 unspecified atom stereocenters. The normalized spacial score (nSPS) is 11.8. The Morgan fingerprint density at radius 3 is 2.27 bits per heavy atom. The fourth-order valence-corrected chi connectivity index (χ4v) is 0.568. The van der Waals surface area contributed by atoms with E-state index in [0.29, 0.717) is 12.5 Å². The van der Waals surface area contributed by atoms with Gasteiger partial charge in [-0.1, -0.05) is 27.7 Å². The maximum absolute atomic E-state index is 10.4. The van der Waals surface area contributed by atoms with Crippen molar-refractivity contribution in [3.63, 3.8) is 0 Å². The number of hydrogen-bond donors (Lipinski definition) is 1. The van der Waals surface area contributed by atoms with Crippen LogP contribution in [0.15, 0.2) is 0 Å². The summed E-state index contributed by atoms with van der Waals surface area (Å²) in [7, 11) is 0. The van der Waals surface area contributed by atoms with Crippen molar-refractivity contribution in [2.24, 2.45) is 11.3 Å². The highest BCUT2D eigenvalue weighted by atomic mass is 35.5. The molecule has 1 amide bonds. The van der Waals surface area contributed by atoms with Crippen LogP contribution in [0.4, 0.5) is 4.79 Å². The van der Waals surface area contributed by atoms with Crippen molar-refractivity contribution >= 4 is 17.0 Å². The van der Waals surface area contributed by atoms with Gasteiger partial charge in [0.05, 0.1) is 0 Å². The number of rotatable bonds is 3. The van der Waals surface area contributed by atoms with Crippen molar-refractivity contribution in [3.8, 4) is 0 Å². The molecule has 0 saturated carbocycles. The van der Waals surface area contributed by atoms with Crippen LogP contribution in [-0.2, 0) is 0 Å². The molecule has 0 radical (unpaired) electrons. The van der Waals surface area contributed by atoms with Gasteiger partial charge in [-0.15, -0.1) is 0 Å². The topological polar surface area (TPSA) is 29.1 Å². The SMILES string of the molecule is CC(C)C(C)(C)CNC(=O)Cl. The second-order valence-electron chi connectivity index (χ2n) is 3.77. The molecule has 0 atom stereocenters. The first-order chi connectivity index (χ1) is 4.86. The molecule has 66 valence electrons. The Balaban J connectivity index is 3.82. The Hall–Kier alpha value is -0.240. The second kappa shape index (κ2) is 3.96. The Bertz CT molecular complexity index is 143. The Labute approximate surface area is 73.3 Å². The molecule has 0 saturated heterocycles. The summed E-state index contributed by atoms with van der Waals surface area (Å²) in [4.78, 5) is 10.4. The first-order valence-electron chi connectivity index (χ1n) is 3.79. The summed E-state index contributed by atoms with van der Waals surface area (Å²) in [5.74, 6) is 0.533. The minimum absolute atomic E-state index is 0.116. The molecule has 3 heteroatoms. The van der Waals surface area contributed by atoms with Gasteiger partial charge < -0.3 is 5.32 Å². The zero-order chi connectivity index (χ0) is 9.07. The number of carbonyl (C=O) groups excluding carboxylic acids is 1. The van der Waals surface area contributed by atoms with Crippen LogP contribution in [-0.4, -0.2) is 11.9 Å². The van der Waals surface area contributed by atoms with Gasteiger partial charge in [-0.3, -0.25) is 4.79 Å². The highest BCUT2D eigenvalue weighted by Crippen LogP contribution is 2.24. The van der Waals surface area contributed by atoms with E-state index in [9.17, 15) is 4.79 Å². The van der Waals surface area contributed by atoms with Crippen LogP contribution in [0.1, 0.15) is 27.7 Å². The van der Waals surface area contributed by atoms with E-state index in [1.165, 1.54) is 0 Å². The molecular formula is C8H16ClNO. The summed E-state index contributed by atoms with van der Waals surface area (Å²) in [6.45, 7) is 9.09. The van der Waals surface area contributed by atoms with Gasteiger partial charge in [0.1, 0.15) is 0 Å². The van der Waals surface area contributed by atoms with Crippen molar-refractivity contribution < 1.29 is 4.79 Å². The standard InChI is InChI=1S/C8H16ClNO/c1-6(2)8(3,4)5-10-7(9)11/h6H,5H2,1-4H3,(H,10,11). The van der Waals surface area contributed by atoms with Crippen LogP contribution < -0.4 is 5.32 Å². The third-order valence-electron chi connectivity index (χ3n) is 2.25. The van der Waals surface area contributed by atoms with E-state index in [2.05, 4.69) is 33.0 Å². The van der Waals surface area contributed by atoms with Gasteiger partial charge in [0.15, 0.2) is 0 Å². The maximum atomic E-state index is 10.4. The lowest BCUT2D eigenvalue weighted by Crippen LogP contribution is -2.34. The van der Waals surface area contributed by atoms with Crippen LogP contribution in [0, 0.1) is 11.3 Å². The first-order valence-corrected chi connectivity index (χ1v) is 4.17. The third kappa shape index (κ3) is 4.25. The fourth-order valence-electron chi connectivity index (χ4n) is 0.501. The molecule has 0 aromatic rings. The van der Waals surface area contributed by atoms with Crippen LogP contribution in [0.3, 0.4) is 0 Å². The summed E-state index contributed by atoms with van der Waals surface area (Å²) in [6, 6.07) is 0. The molecule has 0 bridgehead atoms. The van der Waals surface area contributed by atoms with Crippen LogP contribution in [0.25, 0.3) is 0 Å². The largest absolute Gasteiger partial charge is 0.342 e. The minimum atomic E-state index is -0.473. The van der Waals surface area contributed by atoms with E-state index < -0.39 is 5.37 Å². The molecule has 0 fully saturated rings. The van der Waals surface area contributed by atoms with Gasteiger partial charge in [0.25, 0.3) is 0 Å². The molecule has 0 aliphatic rings. The van der Waals surface area contributed by atoms with Crippen molar-refractivity contribution in [2.45, 2.75) is 27.7 Å². The highest BCUT2D eigenvalue weighted by molar-refractivity contribution is 6.62. The van der Waals surface area contributed by atoms with E-state index in [1.807, 2.05) is 0 Å². The van der Waals surface area contributed by atoms with Gasteiger partial charge in [-0.2, -0.15) is 0 Å². The molecule has 0 spiro atoms. The van der Waals surface area contributed by atoms with Crippen LogP contribution >= 0.6 is 11.6 Å². The molecule has 1 N–H and O–H groups in total. The van der Waals surface area contributed by atoms with Crippen molar-refractivity contribution in [1.29, 1.82) is 0 Å². The lowest BCUT2D eigenvalue weighted by atomic mass is 9.81.